The number of benzene rings is 2. The van der Waals surface area contributed by atoms with Crippen LogP contribution in [0.3, 0.4) is 0 Å². The van der Waals surface area contributed by atoms with E-state index in [2.05, 4.69) is 81.9 Å². The number of H-pyrrole nitrogens is 1. The maximum atomic E-state index is 3.93. The highest BCUT2D eigenvalue weighted by Gasteiger charge is 2.24. The molecule has 5 rings (SSSR count). The number of rotatable bonds is 8. The summed E-state index contributed by atoms with van der Waals surface area (Å²) in [6.07, 6.45) is 14.7. The molecule has 5 heteroatoms. The number of nitrogens with one attached hydrogen (secondary N) is 1. The quantitative estimate of drug-likeness (QED) is 0.409. The topological polar surface area (TPSA) is 49.7 Å². The summed E-state index contributed by atoms with van der Waals surface area (Å²) in [5.74, 6) is 0.847. The van der Waals surface area contributed by atoms with Gasteiger partial charge in [-0.25, -0.2) is 0 Å². The third-order valence-corrected chi connectivity index (χ3v) is 7.33. The van der Waals surface area contributed by atoms with Crippen LogP contribution >= 0.6 is 0 Å². The van der Waals surface area contributed by atoms with Gasteiger partial charge in [0.15, 0.2) is 0 Å². The molecule has 1 saturated carbocycles. The van der Waals surface area contributed by atoms with Crippen molar-refractivity contribution in [2.24, 2.45) is 5.92 Å². The van der Waals surface area contributed by atoms with Crippen LogP contribution in [0.25, 0.3) is 16.6 Å². The van der Waals surface area contributed by atoms with Gasteiger partial charge in [0.1, 0.15) is 12.7 Å². The second-order valence-corrected chi connectivity index (χ2v) is 9.34. The molecule has 0 atom stereocenters. The van der Waals surface area contributed by atoms with Gasteiger partial charge in [0.05, 0.1) is 0 Å². The van der Waals surface area contributed by atoms with E-state index in [4.69, 9.17) is 0 Å². The lowest BCUT2D eigenvalue weighted by molar-refractivity contribution is 0.163. The number of hydrogen-bond donors (Lipinski definition) is 1. The number of aromatic amines is 1. The Morgan fingerprint density at radius 1 is 0.969 bits per heavy atom. The van der Waals surface area contributed by atoms with Crippen molar-refractivity contribution in [1.82, 2.24) is 24.6 Å². The molecule has 2 aromatic carbocycles. The van der Waals surface area contributed by atoms with E-state index >= 15 is 0 Å². The van der Waals surface area contributed by atoms with Crippen LogP contribution in [0, 0.1) is 5.92 Å². The number of hydrogen-bond acceptors (Lipinski definition) is 3. The van der Waals surface area contributed by atoms with Crippen molar-refractivity contribution in [2.45, 2.75) is 51.0 Å². The normalized spacial score (nSPS) is 19.1. The van der Waals surface area contributed by atoms with Gasteiger partial charge in [-0.2, -0.15) is 0 Å². The minimum absolute atomic E-state index is 0.745. The van der Waals surface area contributed by atoms with E-state index < -0.39 is 0 Å². The van der Waals surface area contributed by atoms with Gasteiger partial charge >= 0.3 is 0 Å². The number of likely N-dealkylation sites (N-methyl/N-ethyl adjacent to an activating group) is 1. The Hall–Kier alpha value is -2.92. The molecule has 0 unspecified atom stereocenters. The summed E-state index contributed by atoms with van der Waals surface area (Å²) in [4.78, 5) is 6.04. The van der Waals surface area contributed by atoms with E-state index in [9.17, 15) is 0 Å². The Labute approximate surface area is 190 Å². The number of aryl methyl sites for hydroxylation is 1. The van der Waals surface area contributed by atoms with Gasteiger partial charge < -0.3 is 9.88 Å². The minimum atomic E-state index is 0.745. The highest BCUT2D eigenvalue weighted by atomic mass is 15.2. The van der Waals surface area contributed by atoms with E-state index in [0.717, 1.165) is 37.0 Å². The highest BCUT2D eigenvalue weighted by Crippen LogP contribution is 2.31. The molecule has 1 aliphatic carbocycles. The molecule has 0 radical (unpaired) electrons. The maximum absolute atomic E-state index is 3.93. The molecule has 5 nitrogen and oxygen atoms in total. The first kappa shape index (κ1) is 21.0. The van der Waals surface area contributed by atoms with Crippen molar-refractivity contribution in [1.29, 1.82) is 0 Å². The summed E-state index contributed by atoms with van der Waals surface area (Å²) in [5.41, 5.74) is 5.19. The molecule has 0 aliphatic heterocycles. The van der Waals surface area contributed by atoms with Gasteiger partial charge in [-0.15, -0.1) is 10.2 Å². The second-order valence-electron chi connectivity index (χ2n) is 9.34. The van der Waals surface area contributed by atoms with Crippen molar-refractivity contribution >= 4 is 10.9 Å². The monoisotopic (exact) mass is 427 g/mol. The molecule has 2 heterocycles. The van der Waals surface area contributed by atoms with Gasteiger partial charge in [0.25, 0.3) is 0 Å². The predicted molar refractivity (Wildman–Crippen MR) is 130 cm³/mol. The molecule has 0 bridgehead atoms. The minimum Gasteiger partial charge on any atom is -0.361 e. The van der Waals surface area contributed by atoms with Gasteiger partial charge in [-0.3, -0.25) is 4.57 Å². The molecule has 4 aromatic rings. The van der Waals surface area contributed by atoms with E-state index in [1.54, 1.807) is 12.7 Å². The van der Waals surface area contributed by atoms with Crippen molar-refractivity contribution < 1.29 is 0 Å². The molecule has 1 aliphatic rings. The predicted octanol–water partition coefficient (Wildman–Crippen LogP) is 5.41. The Balaban J connectivity index is 1.12. The molecule has 32 heavy (non-hydrogen) atoms. The summed E-state index contributed by atoms with van der Waals surface area (Å²) < 4.78 is 1.96. The zero-order chi connectivity index (χ0) is 21.8. The van der Waals surface area contributed by atoms with Crippen LogP contribution in [-0.4, -0.2) is 44.3 Å². The summed E-state index contributed by atoms with van der Waals surface area (Å²) in [7, 11) is 2.31. The summed E-state index contributed by atoms with van der Waals surface area (Å²) >= 11 is 0. The van der Waals surface area contributed by atoms with Crippen LogP contribution in [-0.2, 0) is 12.8 Å². The lowest BCUT2D eigenvalue weighted by Crippen LogP contribution is -2.36. The maximum Gasteiger partial charge on any atom is 0.123 e. The third-order valence-electron chi connectivity index (χ3n) is 7.33. The summed E-state index contributed by atoms with van der Waals surface area (Å²) in [5, 5.41) is 9.19. The van der Waals surface area contributed by atoms with Crippen LogP contribution < -0.4 is 0 Å². The first-order valence-electron chi connectivity index (χ1n) is 12.0. The zero-order valence-corrected chi connectivity index (χ0v) is 19.0. The lowest BCUT2D eigenvalue weighted by atomic mass is 9.82. The van der Waals surface area contributed by atoms with Crippen LogP contribution in [0.4, 0.5) is 0 Å². The first-order chi connectivity index (χ1) is 15.8. The van der Waals surface area contributed by atoms with Crippen LogP contribution in [0.1, 0.15) is 43.2 Å². The van der Waals surface area contributed by atoms with Gasteiger partial charge in [0, 0.05) is 35.4 Å². The number of aromatic nitrogens is 4. The fourth-order valence-electron chi connectivity index (χ4n) is 5.23. The molecule has 0 amide bonds. The van der Waals surface area contributed by atoms with E-state index in [1.807, 2.05) is 4.57 Å². The van der Waals surface area contributed by atoms with Gasteiger partial charge in [-0.1, -0.05) is 30.3 Å². The van der Waals surface area contributed by atoms with Gasteiger partial charge in [-0.05, 0) is 87.2 Å². The number of fused-ring (bicyclic) bond motifs is 1. The van der Waals surface area contributed by atoms with E-state index in [-0.39, 0.29) is 0 Å². The zero-order valence-electron chi connectivity index (χ0n) is 19.0. The van der Waals surface area contributed by atoms with Crippen molar-refractivity contribution in [2.75, 3.05) is 13.6 Å². The standard InChI is InChI=1S/C27H33N5/c1-31(16-15-21-5-3-2-4-6-21)24-11-8-22(9-12-24)7-10-23-18-28-27-14-13-25(17-26(23)27)32-19-29-30-20-32/h2-6,13-14,17-20,22,24,28H,7-12,15-16H2,1H3/t22-,24+. The molecule has 0 spiro atoms. The lowest BCUT2D eigenvalue weighted by Gasteiger charge is -2.34. The Bertz CT molecular complexity index is 1110. The third kappa shape index (κ3) is 4.78. The van der Waals surface area contributed by atoms with Crippen molar-refractivity contribution in [3.05, 3.63) is 78.5 Å². The van der Waals surface area contributed by atoms with Crippen LogP contribution in [0.2, 0.25) is 0 Å². The Morgan fingerprint density at radius 2 is 1.75 bits per heavy atom. The average Bonchev–Trinajstić information content (AvgIpc) is 3.52. The first-order valence-corrected chi connectivity index (χ1v) is 12.0. The fraction of sp³-hybridized carbons (Fsp3) is 0.407. The van der Waals surface area contributed by atoms with E-state index in [1.165, 1.54) is 54.1 Å². The average molecular weight is 428 g/mol. The smallest absolute Gasteiger partial charge is 0.123 e. The van der Waals surface area contributed by atoms with Crippen molar-refractivity contribution in [3.8, 4) is 5.69 Å². The Kier molecular flexibility index (Phi) is 6.35. The number of nitrogens with zero attached hydrogens (tertiary/aromatic N) is 4. The largest absolute Gasteiger partial charge is 0.361 e. The highest BCUT2D eigenvalue weighted by molar-refractivity contribution is 5.85. The molecular formula is C27H33N5. The molecular weight excluding hydrogens is 394 g/mol. The Morgan fingerprint density at radius 3 is 2.53 bits per heavy atom. The van der Waals surface area contributed by atoms with E-state index in [0.29, 0.717) is 0 Å². The van der Waals surface area contributed by atoms with Gasteiger partial charge in [0.2, 0.25) is 0 Å². The van der Waals surface area contributed by atoms with Crippen LogP contribution in [0.15, 0.2) is 67.4 Å². The molecule has 0 saturated heterocycles. The van der Waals surface area contributed by atoms with Crippen molar-refractivity contribution in [3.63, 3.8) is 0 Å². The van der Waals surface area contributed by atoms with Crippen LogP contribution in [0.5, 0.6) is 0 Å². The SMILES string of the molecule is CN(CCc1ccccc1)[C@H]1CC[C@@H](CCc2c[nH]c3ccc(-n4cnnc4)cc23)CC1. The summed E-state index contributed by atoms with van der Waals surface area (Å²) in [6, 6.07) is 18.1. The molecule has 166 valence electrons. The molecule has 1 fully saturated rings. The summed E-state index contributed by atoms with van der Waals surface area (Å²) in [6.45, 7) is 1.16. The second kappa shape index (κ2) is 9.70. The molecule has 1 N–H and O–H groups in total. The molecule has 2 aromatic heterocycles. The fourth-order valence-corrected chi connectivity index (χ4v) is 5.23.